The van der Waals surface area contributed by atoms with E-state index >= 15 is 0 Å². The molecule has 1 fully saturated rings. The molecular weight excluding hydrogens is 310 g/mol. The van der Waals surface area contributed by atoms with Crippen molar-refractivity contribution >= 4 is 17.9 Å². The van der Waals surface area contributed by atoms with Crippen LogP contribution in [0.1, 0.15) is 27.7 Å². The van der Waals surface area contributed by atoms with Crippen LogP contribution in [0.3, 0.4) is 0 Å². The van der Waals surface area contributed by atoms with Crippen LogP contribution < -0.4 is 0 Å². The first-order valence-electron chi connectivity index (χ1n) is 6.93. The van der Waals surface area contributed by atoms with Crippen molar-refractivity contribution in [3.63, 3.8) is 0 Å². The Morgan fingerprint density at radius 2 is 1.65 bits per heavy atom. The molecule has 1 saturated heterocycles. The van der Waals surface area contributed by atoms with E-state index in [0.29, 0.717) is 0 Å². The van der Waals surface area contributed by atoms with Crippen LogP contribution in [0.2, 0.25) is 0 Å². The van der Waals surface area contributed by atoms with Gasteiger partial charge in [-0.2, -0.15) is 0 Å². The molecule has 128 valence electrons. The first kappa shape index (κ1) is 18.7. The number of rotatable bonds is 5. The normalized spacial score (nSPS) is 29.8. The maximum atomic E-state index is 11.3. The van der Waals surface area contributed by atoms with Crippen molar-refractivity contribution in [2.45, 2.75) is 52.2 Å². The molecule has 5 atom stereocenters. The van der Waals surface area contributed by atoms with Crippen LogP contribution in [0.4, 0.5) is 0 Å². The van der Waals surface area contributed by atoms with Gasteiger partial charge in [-0.15, -0.1) is 0 Å². The van der Waals surface area contributed by atoms with Crippen molar-refractivity contribution in [1.29, 1.82) is 0 Å². The van der Waals surface area contributed by atoms with Crippen molar-refractivity contribution in [2.75, 3.05) is 6.61 Å². The molecule has 23 heavy (non-hydrogen) atoms. The van der Waals surface area contributed by atoms with Crippen LogP contribution in [0.25, 0.3) is 10.4 Å². The lowest BCUT2D eigenvalue weighted by Gasteiger charge is -2.42. The fourth-order valence-electron chi connectivity index (χ4n) is 2.33. The topological polar surface area (TPSA) is 137 Å². The van der Waals surface area contributed by atoms with Crippen LogP contribution >= 0.6 is 0 Å². The van der Waals surface area contributed by atoms with Gasteiger partial charge in [0, 0.05) is 31.6 Å². The second kappa shape index (κ2) is 8.35. The van der Waals surface area contributed by atoms with Gasteiger partial charge in [0.05, 0.1) is 0 Å². The molecule has 0 spiro atoms. The molecule has 0 radical (unpaired) electrons. The number of ether oxygens (including phenoxy) is 4. The molecule has 0 aromatic heterocycles. The van der Waals surface area contributed by atoms with Crippen molar-refractivity contribution < 1.29 is 33.3 Å². The Labute approximate surface area is 132 Å². The van der Waals surface area contributed by atoms with Gasteiger partial charge in [-0.25, -0.2) is 0 Å². The second-order valence-electron chi connectivity index (χ2n) is 5.08. The van der Waals surface area contributed by atoms with E-state index in [1.807, 2.05) is 0 Å². The van der Waals surface area contributed by atoms with Crippen molar-refractivity contribution in [1.82, 2.24) is 0 Å². The standard InChI is InChI=1S/C13H19N3O7/c1-6-11(21-8(3)18)10(5-20-7(2)17)23-13(15-16-14)12(6)22-9(4)19/h6,10-13H,5H2,1-4H3/t6-,10?,11-,12?,13+/m0/s1. The molecule has 0 N–H and O–H groups in total. The fourth-order valence-corrected chi connectivity index (χ4v) is 2.33. The van der Waals surface area contributed by atoms with Gasteiger partial charge in [-0.3, -0.25) is 14.4 Å². The predicted octanol–water partition coefficient (Wildman–Crippen LogP) is 1.08. The third-order valence-corrected chi connectivity index (χ3v) is 3.22. The highest BCUT2D eigenvalue weighted by Crippen LogP contribution is 2.31. The Kier molecular flexibility index (Phi) is 6.80. The molecule has 0 aliphatic carbocycles. The molecule has 1 rings (SSSR count). The van der Waals surface area contributed by atoms with Gasteiger partial charge in [0.2, 0.25) is 0 Å². The minimum Gasteiger partial charge on any atom is -0.463 e. The van der Waals surface area contributed by atoms with Gasteiger partial charge < -0.3 is 18.9 Å². The zero-order chi connectivity index (χ0) is 17.6. The average molecular weight is 329 g/mol. The number of hydrogen-bond donors (Lipinski definition) is 0. The number of carbonyl (C=O) groups excluding carboxylic acids is 3. The Morgan fingerprint density at radius 3 is 2.13 bits per heavy atom. The monoisotopic (exact) mass is 329 g/mol. The molecule has 1 aliphatic heterocycles. The van der Waals surface area contributed by atoms with Crippen LogP contribution in [0, 0.1) is 5.92 Å². The van der Waals surface area contributed by atoms with E-state index < -0.39 is 48.4 Å². The van der Waals surface area contributed by atoms with Crippen molar-refractivity contribution in [2.24, 2.45) is 11.0 Å². The smallest absolute Gasteiger partial charge is 0.303 e. The molecule has 0 bridgehead atoms. The summed E-state index contributed by atoms with van der Waals surface area (Å²) in [4.78, 5) is 36.2. The molecule has 1 aliphatic rings. The third-order valence-electron chi connectivity index (χ3n) is 3.22. The summed E-state index contributed by atoms with van der Waals surface area (Å²) < 4.78 is 20.7. The largest absolute Gasteiger partial charge is 0.463 e. The lowest BCUT2D eigenvalue weighted by atomic mass is 9.89. The summed E-state index contributed by atoms with van der Waals surface area (Å²) in [5, 5.41) is 3.46. The third kappa shape index (κ3) is 5.42. The molecule has 2 unspecified atom stereocenters. The minimum atomic E-state index is -1.12. The zero-order valence-corrected chi connectivity index (χ0v) is 13.3. The van der Waals surface area contributed by atoms with Crippen LogP contribution in [-0.2, 0) is 33.3 Å². The number of nitrogens with zero attached hydrogens (tertiary/aromatic N) is 3. The quantitative estimate of drug-likeness (QED) is 0.242. The molecule has 0 saturated carbocycles. The summed E-state index contributed by atoms with van der Waals surface area (Å²) in [5.41, 5.74) is 8.64. The molecule has 0 aromatic rings. The second-order valence-corrected chi connectivity index (χ2v) is 5.08. The molecular formula is C13H19N3O7. The highest BCUT2D eigenvalue weighted by Gasteiger charge is 2.47. The Morgan fingerprint density at radius 1 is 1.09 bits per heavy atom. The van der Waals surface area contributed by atoms with Gasteiger partial charge in [-0.05, 0) is 5.53 Å². The van der Waals surface area contributed by atoms with Crippen LogP contribution in [0.5, 0.6) is 0 Å². The highest BCUT2D eigenvalue weighted by molar-refractivity contribution is 5.67. The van der Waals surface area contributed by atoms with Crippen LogP contribution in [-0.4, -0.2) is 49.1 Å². The summed E-state index contributed by atoms with van der Waals surface area (Å²) in [6.45, 7) is 5.10. The predicted molar refractivity (Wildman–Crippen MR) is 74.7 cm³/mol. The number of carbonyl (C=O) groups is 3. The lowest BCUT2D eigenvalue weighted by Crippen LogP contribution is -2.56. The Balaban J connectivity index is 3.04. The summed E-state index contributed by atoms with van der Waals surface area (Å²) in [6, 6.07) is 0. The van der Waals surface area contributed by atoms with Crippen molar-refractivity contribution in [3.8, 4) is 0 Å². The van der Waals surface area contributed by atoms with E-state index in [9.17, 15) is 14.4 Å². The number of esters is 3. The van der Waals surface area contributed by atoms with Gasteiger partial charge >= 0.3 is 17.9 Å². The summed E-state index contributed by atoms with van der Waals surface area (Å²) in [5.74, 6) is -2.23. The van der Waals surface area contributed by atoms with E-state index in [0.717, 1.165) is 0 Å². The maximum Gasteiger partial charge on any atom is 0.303 e. The van der Waals surface area contributed by atoms with E-state index in [1.54, 1.807) is 6.92 Å². The zero-order valence-electron chi connectivity index (χ0n) is 13.3. The van der Waals surface area contributed by atoms with Gasteiger partial charge in [0.1, 0.15) is 24.9 Å². The first-order valence-corrected chi connectivity index (χ1v) is 6.93. The number of hydrogen-bond acceptors (Lipinski definition) is 8. The van der Waals surface area contributed by atoms with E-state index in [2.05, 4.69) is 10.0 Å². The number of azide groups is 1. The molecule has 10 nitrogen and oxygen atoms in total. The summed E-state index contributed by atoms with van der Waals surface area (Å²) in [6.07, 6.45) is -3.73. The SMILES string of the molecule is CC(=O)OCC1O[C@@H](N=[N+]=[N-])C(OC(C)=O)[C@@H](C)[C@@H]1OC(C)=O. The molecule has 0 aromatic carbocycles. The Hall–Kier alpha value is -2.32. The molecule has 10 heteroatoms. The molecule has 1 heterocycles. The lowest BCUT2D eigenvalue weighted by molar-refractivity contribution is -0.227. The van der Waals surface area contributed by atoms with Crippen molar-refractivity contribution in [3.05, 3.63) is 10.4 Å². The molecule has 0 amide bonds. The highest BCUT2D eigenvalue weighted by atomic mass is 16.6. The fraction of sp³-hybridized carbons (Fsp3) is 0.769. The summed E-state index contributed by atoms with van der Waals surface area (Å²) in [7, 11) is 0. The van der Waals surface area contributed by atoms with Gasteiger partial charge in [0.25, 0.3) is 0 Å². The van der Waals surface area contributed by atoms with Gasteiger partial charge in [0.15, 0.2) is 6.23 Å². The first-order chi connectivity index (χ1) is 10.8. The minimum absolute atomic E-state index is 0.193. The summed E-state index contributed by atoms with van der Waals surface area (Å²) >= 11 is 0. The Bertz CT molecular complexity index is 516. The van der Waals surface area contributed by atoms with Gasteiger partial charge in [-0.1, -0.05) is 12.0 Å². The average Bonchev–Trinajstić information content (AvgIpc) is 2.43. The maximum absolute atomic E-state index is 11.3. The van der Waals surface area contributed by atoms with E-state index in [-0.39, 0.29) is 6.61 Å². The van der Waals surface area contributed by atoms with E-state index in [1.165, 1.54) is 20.8 Å². The van der Waals surface area contributed by atoms with Crippen LogP contribution in [0.15, 0.2) is 5.11 Å². The van der Waals surface area contributed by atoms with E-state index in [4.69, 9.17) is 24.5 Å².